The zero-order valence-electron chi connectivity index (χ0n) is 40.5. The van der Waals surface area contributed by atoms with Crippen LogP contribution >= 0.6 is 0 Å². The van der Waals surface area contributed by atoms with Crippen molar-refractivity contribution in [2.45, 2.75) is 64.1 Å². The Labute approximate surface area is 425 Å². The molecule has 0 saturated carbocycles. The van der Waals surface area contributed by atoms with Crippen LogP contribution in [0.15, 0.2) is 73.1 Å². The average molecular weight is 1030 g/mol. The summed E-state index contributed by atoms with van der Waals surface area (Å²) in [4.78, 5) is 95.7. The van der Waals surface area contributed by atoms with E-state index >= 15 is 8.78 Å². The Hall–Kier alpha value is -6.94. The molecule has 5 aliphatic rings. The van der Waals surface area contributed by atoms with E-state index < -0.39 is 68.5 Å². The van der Waals surface area contributed by atoms with Crippen molar-refractivity contribution < 1.29 is 50.2 Å². The van der Waals surface area contributed by atoms with Gasteiger partial charge in [0.15, 0.2) is 5.82 Å². The fourth-order valence-corrected chi connectivity index (χ4v) is 11.7. The first-order valence-electron chi connectivity index (χ1n) is 24.8. The number of rotatable bonds is 13. The SMILES string of the molecule is CCN(C)S(=O)(=O)Nc1ccc(F)c(C(=O)c2c[nH]c3ncc(-c4ccc(CN5CCN(C6CCN(C(=O)C7CCN(c8ccc9c(c8)C(=O)N(C8CCC(=O)NC8=O)C9=O)CC7)CC6)CC5)cc4)cc23)c1F.[HH].[HH].[HH]. The van der Waals surface area contributed by atoms with E-state index in [1.807, 2.05) is 23.1 Å². The van der Waals surface area contributed by atoms with Gasteiger partial charge in [-0.05, 0) is 79.6 Å². The lowest BCUT2D eigenvalue weighted by Crippen LogP contribution is -2.54. The number of aromatic amines is 1. The lowest BCUT2D eigenvalue weighted by atomic mass is 9.93. The number of pyridine rings is 1. The topological polar surface area (TPSA) is 209 Å². The number of nitrogens with zero attached hydrogens (tertiary/aromatic N) is 7. The summed E-state index contributed by atoms with van der Waals surface area (Å²) in [7, 11) is -2.84. The number of anilines is 2. The van der Waals surface area contributed by atoms with Gasteiger partial charge in [0.25, 0.3) is 11.8 Å². The van der Waals surface area contributed by atoms with Crippen molar-refractivity contribution >= 4 is 67.9 Å². The first kappa shape index (κ1) is 49.6. The molecule has 1 unspecified atom stereocenters. The summed E-state index contributed by atoms with van der Waals surface area (Å²) in [5.41, 5.74) is 2.82. The lowest BCUT2D eigenvalue weighted by Gasteiger charge is -2.43. The monoisotopic (exact) mass is 1020 g/mol. The van der Waals surface area contributed by atoms with E-state index in [4.69, 9.17) is 0 Å². The molecule has 21 heteroatoms. The largest absolute Gasteiger partial charge is 0.371 e. The third-order valence-corrected chi connectivity index (χ3v) is 16.8. The maximum atomic E-state index is 15.7. The Kier molecular flexibility index (Phi) is 13.7. The number of halogens is 2. The van der Waals surface area contributed by atoms with Crippen LogP contribution in [-0.4, -0.2) is 156 Å². The van der Waals surface area contributed by atoms with Gasteiger partial charge in [-0.15, -0.1) is 0 Å². The second kappa shape index (κ2) is 20.2. The summed E-state index contributed by atoms with van der Waals surface area (Å²) in [6.45, 7) is 8.85. The minimum absolute atomic E-state index is 0. The van der Waals surface area contributed by atoms with Crippen molar-refractivity contribution in [3.05, 3.63) is 113 Å². The number of ketones is 1. The molecule has 5 aromatic rings. The number of piperidine rings is 3. The van der Waals surface area contributed by atoms with Crippen LogP contribution in [-0.2, 0) is 31.1 Å². The number of nitrogens with one attached hydrogen (secondary N) is 3. The van der Waals surface area contributed by atoms with Gasteiger partial charge in [0.05, 0.1) is 22.4 Å². The van der Waals surface area contributed by atoms with Crippen LogP contribution in [0.25, 0.3) is 22.2 Å². The maximum Gasteiger partial charge on any atom is 0.301 e. The molecule has 3 N–H and O–H groups in total. The lowest BCUT2D eigenvalue weighted by molar-refractivity contribution is -0.138. The van der Waals surface area contributed by atoms with Crippen LogP contribution in [0.2, 0.25) is 0 Å². The summed E-state index contributed by atoms with van der Waals surface area (Å²) >= 11 is 0. The molecule has 4 saturated heterocycles. The number of aromatic nitrogens is 2. The van der Waals surface area contributed by atoms with Crippen LogP contribution in [0, 0.1) is 17.6 Å². The van der Waals surface area contributed by atoms with Gasteiger partial charge >= 0.3 is 10.2 Å². The molecular formula is C52H62F2N10O8S. The number of carbonyl (C=O) groups excluding carboxylic acids is 6. The molecule has 3 aromatic carbocycles. The van der Waals surface area contributed by atoms with E-state index in [2.05, 4.69) is 46.8 Å². The van der Waals surface area contributed by atoms with Gasteiger partial charge < -0.3 is 14.8 Å². The summed E-state index contributed by atoms with van der Waals surface area (Å²) in [5.74, 6) is -5.44. The first-order valence-corrected chi connectivity index (χ1v) is 26.2. The van der Waals surface area contributed by atoms with Crippen LogP contribution in [0.3, 0.4) is 0 Å². The zero-order chi connectivity index (χ0) is 51.3. The van der Waals surface area contributed by atoms with Crippen molar-refractivity contribution in [3.8, 4) is 11.1 Å². The normalized spacial score (nSPS) is 19.8. The zero-order valence-corrected chi connectivity index (χ0v) is 41.4. The number of amides is 5. The second-order valence-electron chi connectivity index (χ2n) is 19.5. The summed E-state index contributed by atoms with van der Waals surface area (Å²) in [6, 6.07) is 16.1. The van der Waals surface area contributed by atoms with Crippen molar-refractivity contribution in [2.75, 3.05) is 75.6 Å². The molecule has 7 heterocycles. The van der Waals surface area contributed by atoms with E-state index in [0.717, 1.165) is 96.8 Å². The number of carbonyl (C=O) groups is 6. The Bertz CT molecular complexity index is 3160. The molecule has 5 aliphatic heterocycles. The summed E-state index contributed by atoms with van der Waals surface area (Å²) in [6.07, 6.45) is 6.35. The Morgan fingerprint density at radius 1 is 0.836 bits per heavy atom. The molecule has 0 aliphatic carbocycles. The molecule has 10 rings (SSSR count). The highest BCUT2D eigenvalue weighted by Crippen LogP contribution is 2.34. The number of fused-ring (bicyclic) bond motifs is 2. The molecule has 4 fully saturated rings. The summed E-state index contributed by atoms with van der Waals surface area (Å²) < 4.78 is 59.0. The minimum atomic E-state index is -4.14. The highest BCUT2D eigenvalue weighted by molar-refractivity contribution is 7.90. The Balaban J connectivity index is 0.00000280. The van der Waals surface area contributed by atoms with Crippen molar-refractivity contribution in [1.29, 1.82) is 0 Å². The number of H-pyrrole nitrogens is 1. The van der Waals surface area contributed by atoms with E-state index in [1.165, 1.54) is 13.2 Å². The van der Waals surface area contributed by atoms with Crippen LogP contribution in [0.4, 0.5) is 20.2 Å². The van der Waals surface area contributed by atoms with Crippen LogP contribution < -0.4 is 14.9 Å². The third-order valence-electron chi connectivity index (χ3n) is 15.2. The molecule has 0 bridgehead atoms. The molecule has 1 atom stereocenters. The predicted molar refractivity (Wildman–Crippen MR) is 273 cm³/mol. The van der Waals surface area contributed by atoms with Crippen molar-refractivity contribution in [3.63, 3.8) is 0 Å². The number of piperazine rings is 1. The van der Waals surface area contributed by atoms with Crippen LogP contribution in [0.5, 0.6) is 0 Å². The van der Waals surface area contributed by atoms with E-state index in [-0.39, 0.29) is 52.2 Å². The number of likely N-dealkylation sites (tertiary alicyclic amines) is 1. The number of imide groups is 2. The summed E-state index contributed by atoms with van der Waals surface area (Å²) in [5, 5.41) is 2.58. The highest BCUT2D eigenvalue weighted by Gasteiger charge is 2.45. The first-order chi connectivity index (χ1) is 35.1. The minimum Gasteiger partial charge on any atom is -0.371 e. The van der Waals surface area contributed by atoms with Gasteiger partial charge in [0, 0.05) is 130 Å². The Morgan fingerprint density at radius 2 is 1.55 bits per heavy atom. The predicted octanol–water partition coefficient (Wildman–Crippen LogP) is 5.51. The fraction of sp³-hybridized carbons (Fsp3) is 0.404. The fourth-order valence-electron chi connectivity index (χ4n) is 10.8. The molecule has 388 valence electrons. The van der Waals surface area contributed by atoms with Gasteiger partial charge in [0.2, 0.25) is 23.5 Å². The molecule has 0 spiro atoms. The van der Waals surface area contributed by atoms with E-state index in [0.29, 0.717) is 48.6 Å². The number of hydrogen-bond acceptors (Lipinski definition) is 12. The molecular weight excluding hydrogens is 963 g/mol. The number of hydrogen-bond donors (Lipinski definition) is 3. The van der Waals surface area contributed by atoms with E-state index in [9.17, 15) is 37.2 Å². The Morgan fingerprint density at radius 3 is 2.25 bits per heavy atom. The third kappa shape index (κ3) is 9.73. The molecule has 0 radical (unpaired) electrons. The standard InChI is InChI=1S/C52H56F2N10O8S.3H2/c1-3-59(2)73(71,72)58-42-11-10-41(53)45(46(42)54)47(66)40-29-56-48-38(40)26-34(28-55-48)32-6-4-31(5-7-32)30-60-22-24-62(25-23-60)35-16-20-63(21-17-35)50(68)33-14-18-61(19-15-33)36-8-9-37-39(27-36)52(70)64(51(37)69)43-12-13-44(65)57-49(43)67;;;/h4-11,26-29,33,35,43,58H,3,12-25,30H2,1-2H3,(H,55,56)(H,57,65,67);3*1H. The van der Waals surface area contributed by atoms with Gasteiger partial charge in [-0.3, -0.25) is 53.5 Å². The molecule has 18 nitrogen and oxygen atoms in total. The second-order valence-corrected chi connectivity index (χ2v) is 21.2. The van der Waals surface area contributed by atoms with Gasteiger partial charge in [-0.2, -0.15) is 12.7 Å². The smallest absolute Gasteiger partial charge is 0.301 e. The quantitative estimate of drug-likeness (QED) is 0.0986. The van der Waals surface area contributed by atoms with E-state index in [1.54, 1.807) is 31.3 Å². The van der Waals surface area contributed by atoms with Gasteiger partial charge in [-0.25, -0.2) is 13.8 Å². The number of benzene rings is 3. The molecule has 5 amide bonds. The van der Waals surface area contributed by atoms with Crippen molar-refractivity contribution in [1.82, 2.24) is 39.2 Å². The molecule has 73 heavy (non-hydrogen) atoms. The maximum absolute atomic E-state index is 15.7. The van der Waals surface area contributed by atoms with Crippen LogP contribution in [0.1, 0.15) is 91.9 Å². The average Bonchev–Trinajstić information content (AvgIpc) is 3.94. The highest BCUT2D eigenvalue weighted by atomic mass is 32.2. The van der Waals surface area contributed by atoms with Gasteiger partial charge in [-0.1, -0.05) is 31.2 Å². The van der Waals surface area contributed by atoms with Gasteiger partial charge in [0.1, 0.15) is 17.5 Å². The van der Waals surface area contributed by atoms with Crippen molar-refractivity contribution in [2.24, 2.45) is 5.92 Å². The molecule has 2 aromatic heterocycles.